The van der Waals surface area contributed by atoms with Gasteiger partial charge in [-0.25, -0.2) is 0 Å². The minimum absolute atomic E-state index is 0.0239. The molecule has 1 aromatic carbocycles. The van der Waals surface area contributed by atoms with Gasteiger partial charge in [0.25, 0.3) is 0 Å². The van der Waals surface area contributed by atoms with E-state index in [0.29, 0.717) is 6.04 Å². The van der Waals surface area contributed by atoms with Gasteiger partial charge < -0.3 is 5.73 Å². The van der Waals surface area contributed by atoms with Gasteiger partial charge in [-0.15, -0.1) is 0 Å². The summed E-state index contributed by atoms with van der Waals surface area (Å²) in [4.78, 5) is 18.3. The fraction of sp³-hybridized carbons (Fsp3) is 0.412. The molecular formula is C17H21N3O. The first-order valence-corrected chi connectivity index (χ1v) is 7.51. The maximum atomic E-state index is 11.5. The van der Waals surface area contributed by atoms with Crippen LogP contribution in [0.25, 0.3) is 10.9 Å². The summed E-state index contributed by atoms with van der Waals surface area (Å²) in [6.07, 6.45) is 3.75. The summed E-state index contributed by atoms with van der Waals surface area (Å²) in [6, 6.07) is 10.8. The average molecular weight is 283 g/mol. The number of nitrogens with two attached hydrogens (primary N) is 1. The van der Waals surface area contributed by atoms with Crippen molar-refractivity contribution in [3.05, 3.63) is 42.1 Å². The number of nitrogens with zero attached hydrogens (tertiary/aromatic N) is 2. The molecule has 1 fully saturated rings. The minimum atomic E-state index is -0.178. The third kappa shape index (κ3) is 2.90. The lowest BCUT2D eigenvalue weighted by atomic mass is 9.92. The van der Waals surface area contributed by atoms with Crippen molar-refractivity contribution >= 4 is 16.8 Å². The number of hydrogen-bond acceptors (Lipinski definition) is 3. The molecule has 1 saturated heterocycles. The molecule has 21 heavy (non-hydrogen) atoms. The Morgan fingerprint density at radius 1 is 1.33 bits per heavy atom. The summed E-state index contributed by atoms with van der Waals surface area (Å²) in [7, 11) is 0. The van der Waals surface area contributed by atoms with Crippen LogP contribution in [-0.2, 0) is 11.3 Å². The van der Waals surface area contributed by atoms with Gasteiger partial charge in [0.1, 0.15) is 0 Å². The lowest BCUT2D eigenvalue weighted by Gasteiger charge is -2.37. The van der Waals surface area contributed by atoms with Crippen molar-refractivity contribution in [3.8, 4) is 0 Å². The Morgan fingerprint density at radius 2 is 2.14 bits per heavy atom. The highest BCUT2D eigenvalue weighted by molar-refractivity contribution is 5.81. The maximum absolute atomic E-state index is 11.5. The van der Waals surface area contributed by atoms with Crippen molar-refractivity contribution in [2.24, 2.45) is 11.7 Å². The van der Waals surface area contributed by atoms with Gasteiger partial charge >= 0.3 is 0 Å². The molecule has 110 valence electrons. The van der Waals surface area contributed by atoms with Crippen molar-refractivity contribution < 1.29 is 4.79 Å². The number of likely N-dealkylation sites (tertiary alicyclic amines) is 1. The lowest BCUT2D eigenvalue weighted by Crippen LogP contribution is -2.45. The molecule has 0 unspecified atom stereocenters. The van der Waals surface area contributed by atoms with Gasteiger partial charge in [-0.3, -0.25) is 14.7 Å². The predicted octanol–water partition coefficient (Wildman–Crippen LogP) is 2.32. The summed E-state index contributed by atoms with van der Waals surface area (Å²) >= 11 is 0. The van der Waals surface area contributed by atoms with E-state index in [0.717, 1.165) is 36.8 Å². The summed E-state index contributed by atoms with van der Waals surface area (Å²) in [5.74, 6) is -0.202. The molecule has 0 aliphatic carbocycles. The fourth-order valence-corrected chi connectivity index (χ4v) is 3.15. The number of rotatable bonds is 3. The molecule has 2 N–H and O–H groups in total. The van der Waals surface area contributed by atoms with Crippen molar-refractivity contribution in [2.45, 2.75) is 32.4 Å². The molecule has 1 aromatic heterocycles. The number of hydrogen-bond donors (Lipinski definition) is 1. The highest BCUT2D eigenvalue weighted by atomic mass is 16.1. The molecule has 0 radical (unpaired) electrons. The van der Waals surface area contributed by atoms with Crippen LogP contribution in [0.15, 0.2) is 36.5 Å². The summed E-state index contributed by atoms with van der Waals surface area (Å²) in [6.45, 7) is 3.79. The second-order valence-corrected chi connectivity index (χ2v) is 5.95. The monoisotopic (exact) mass is 283 g/mol. The SMILES string of the molecule is C[C@@H]1CC[C@H](C(N)=O)CN1Cc1cccc2cccnc12. The number of benzene rings is 1. The second kappa shape index (κ2) is 5.82. The molecule has 1 aliphatic rings. The lowest BCUT2D eigenvalue weighted by molar-refractivity contribution is -0.124. The van der Waals surface area contributed by atoms with Crippen LogP contribution in [0, 0.1) is 5.92 Å². The molecule has 0 bridgehead atoms. The predicted molar refractivity (Wildman–Crippen MR) is 83.5 cm³/mol. The molecule has 1 aliphatic heterocycles. The van der Waals surface area contributed by atoms with Crippen LogP contribution in [0.4, 0.5) is 0 Å². The van der Waals surface area contributed by atoms with Gasteiger partial charge in [0, 0.05) is 30.7 Å². The second-order valence-electron chi connectivity index (χ2n) is 5.95. The number of primary amides is 1. The van der Waals surface area contributed by atoms with Gasteiger partial charge in [-0.05, 0) is 31.4 Å². The third-order valence-corrected chi connectivity index (χ3v) is 4.50. The van der Waals surface area contributed by atoms with Crippen LogP contribution in [0.2, 0.25) is 0 Å². The third-order valence-electron chi connectivity index (χ3n) is 4.50. The van der Waals surface area contributed by atoms with Crippen LogP contribution >= 0.6 is 0 Å². The highest BCUT2D eigenvalue weighted by Gasteiger charge is 2.28. The molecule has 2 aromatic rings. The zero-order valence-electron chi connectivity index (χ0n) is 12.3. The molecule has 0 spiro atoms. The van der Waals surface area contributed by atoms with E-state index in [4.69, 9.17) is 5.73 Å². The standard InChI is InChI=1S/C17H21N3O/c1-12-7-8-15(17(18)21)11-20(12)10-14-5-2-4-13-6-3-9-19-16(13)14/h2-6,9,12,15H,7-8,10-11H2,1H3,(H2,18,21)/t12-,15+/m1/s1. The molecule has 2 heterocycles. The number of aromatic nitrogens is 1. The van der Waals surface area contributed by atoms with E-state index in [2.05, 4.69) is 41.1 Å². The Balaban J connectivity index is 1.85. The van der Waals surface area contributed by atoms with E-state index in [9.17, 15) is 4.79 Å². The Bertz CT molecular complexity index is 650. The molecule has 2 atom stereocenters. The smallest absolute Gasteiger partial charge is 0.221 e. The number of pyridine rings is 1. The fourth-order valence-electron chi connectivity index (χ4n) is 3.15. The number of carbonyl (C=O) groups excluding carboxylic acids is 1. The van der Waals surface area contributed by atoms with E-state index in [1.165, 1.54) is 5.56 Å². The molecule has 4 heteroatoms. The van der Waals surface area contributed by atoms with Gasteiger partial charge in [0.2, 0.25) is 5.91 Å². The van der Waals surface area contributed by atoms with Crippen molar-refractivity contribution in [1.82, 2.24) is 9.88 Å². The number of carbonyl (C=O) groups is 1. The number of amides is 1. The van der Waals surface area contributed by atoms with E-state index in [1.807, 2.05) is 12.3 Å². The Hall–Kier alpha value is -1.94. The Labute approximate surface area is 125 Å². The molecular weight excluding hydrogens is 262 g/mol. The van der Waals surface area contributed by atoms with E-state index < -0.39 is 0 Å². The van der Waals surface area contributed by atoms with Crippen molar-refractivity contribution in [3.63, 3.8) is 0 Å². The Morgan fingerprint density at radius 3 is 2.95 bits per heavy atom. The molecule has 4 nitrogen and oxygen atoms in total. The van der Waals surface area contributed by atoms with E-state index in [-0.39, 0.29) is 11.8 Å². The summed E-state index contributed by atoms with van der Waals surface area (Å²) < 4.78 is 0. The van der Waals surface area contributed by atoms with Crippen LogP contribution < -0.4 is 5.73 Å². The minimum Gasteiger partial charge on any atom is -0.369 e. The van der Waals surface area contributed by atoms with Crippen molar-refractivity contribution in [1.29, 1.82) is 0 Å². The number of para-hydroxylation sites is 1. The first-order valence-electron chi connectivity index (χ1n) is 7.51. The molecule has 0 saturated carbocycles. The summed E-state index contributed by atoms with van der Waals surface area (Å²) in [5, 5.41) is 1.16. The van der Waals surface area contributed by atoms with Gasteiger partial charge in [0.05, 0.1) is 11.4 Å². The quantitative estimate of drug-likeness (QED) is 0.940. The first kappa shape index (κ1) is 14.0. The van der Waals surface area contributed by atoms with Crippen molar-refractivity contribution in [2.75, 3.05) is 6.54 Å². The average Bonchev–Trinajstić information content (AvgIpc) is 2.49. The Kier molecular flexibility index (Phi) is 3.88. The number of piperidine rings is 1. The van der Waals surface area contributed by atoms with Crippen LogP contribution in [0.5, 0.6) is 0 Å². The van der Waals surface area contributed by atoms with Gasteiger partial charge in [-0.2, -0.15) is 0 Å². The van der Waals surface area contributed by atoms with Crippen LogP contribution in [0.1, 0.15) is 25.3 Å². The largest absolute Gasteiger partial charge is 0.369 e. The van der Waals surface area contributed by atoms with Gasteiger partial charge in [-0.1, -0.05) is 24.3 Å². The number of fused-ring (bicyclic) bond motifs is 1. The highest BCUT2D eigenvalue weighted by Crippen LogP contribution is 2.25. The summed E-state index contributed by atoms with van der Waals surface area (Å²) in [5.41, 5.74) is 7.74. The van der Waals surface area contributed by atoms with E-state index in [1.54, 1.807) is 0 Å². The normalized spacial score (nSPS) is 23.3. The zero-order chi connectivity index (χ0) is 14.8. The first-order chi connectivity index (χ1) is 10.1. The molecule has 1 amide bonds. The maximum Gasteiger partial charge on any atom is 0.221 e. The van der Waals surface area contributed by atoms with E-state index >= 15 is 0 Å². The topological polar surface area (TPSA) is 59.2 Å². The van der Waals surface area contributed by atoms with Crippen LogP contribution in [0.3, 0.4) is 0 Å². The zero-order valence-corrected chi connectivity index (χ0v) is 12.3. The van der Waals surface area contributed by atoms with Gasteiger partial charge in [0.15, 0.2) is 0 Å². The molecule has 3 rings (SSSR count). The van der Waals surface area contributed by atoms with Crippen LogP contribution in [-0.4, -0.2) is 28.4 Å².